The summed E-state index contributed by atoms with van der Waals surface area (Å²) in [7, 11) is 1.90. The molecule has 1 aliphatic rings. The van der Waals surface area contributed by atoms with Crippen LogP contribution in [0.4, 0.5) is 5.13 Å². The number of aromatic nitrogens is 1. The highest BCUT2D eigenvalue weighted by atomic mass is 32.1. The number of likely N-dealkylation sites (tertiary alicyclic amines) is 1. The van der Waals surface area contributed by atoms with Crippen molar-refractivity contribution in [2.24, 2.45) is 5.92 Å². The molecule has 0 spiro atoms. The molecule has 26 heavy (non-hydrogen) atoms. The third kappa shape index (κ3) is 5.81. The zero-order chi connectivity index (χ0) is 18.2. The number of benzene rings is 1. The maximum absolute atomic E-state index is 12.1. The fourth-order valence-electron chi connectivity index (χ4n) is 3.43. The van der Waals surface area contributed by atoms with Crippen molar-refractivity contribution in [1.29, 1.82) is 0 Å². The van der Waals surface area contributed by atoms with E-state index >= 15 is 0 Å². The molecule has 5 nitrogen and oxygen atoms in total. The molecular formula is C20H28N4OS. The van der Waals surface area contributed by atoms with Gasteiger partial charge in [0.1, 0.15) is 0 Å². The Morgan fingerprint density at radius 1 is 1.35 bits per heavy atom. The molecule has 0 saturated carbocycles. The maximum Gasteiger partial charge on any atom is 0.220 e. The van der Waals surface area contributed by atoms with Crippen LogP contribution in [0.1, 0.15) is 30.5 Å². The molecule has 1 fully saturated rings. The lowest BCUT2D eigenvalue weighted by Crippen LogP contribution is -2.40. The minimum absolute atomic E-state index is 0.157. The predicted octanol–water partition coefficient (Wildman–Crippen LogP) is 3.15. The summed E-state index contributed by atoms with van der Waals surface area (Å²) >= 11 is 1.65. The van der Waals surface area contributed by atoms with Crippen molar-refractivity contribution in [3.8, 4) is 0 Å². The van der Waals surface area contributed by atoms with Crippen molar-refractivity contribution >= 4 is 22.4 Å². The Balaban J connectivity index is 1.38. The zero-order valence-electron chi connectivity index (χ0n) is 15.4. The number of amides is 1. The summed E-state index contributed by atoms with van der Waals surface area (Å²) in [5, 5.41) is 9.32. The molecule has 140 valence electrons. The topological polar surface area (TPSA) is 57.3 Å². The molecule has 1 aromatic heterocycles. The molecule has 1 aliphatic heterocycles. The Kier molecular flexibility index (Phi) is 7.03. The van der Waals surface area contributed by atoms with Crippen LogP contribution in [0, 0.1) is 5.92 Å². The van der Waals surface area contributed by atoms with Crippen LogP contribution in [0.5, 0.6) is 0 Å². The Morgan fingerprint density at radius 3 is 2.96 bits per heavy atom. The fraction of sp³-hybridized carbons (Fsp3) is 0.500. The summed E-state index contributed by atoms with van der Waals surface area (Å²) in [6.07, 6.45) is 3.75. The second-order valence-electron chi connectivity index (χ2n) is 6.93. The number of hydrogen-bond donors (Lipinski definition) is 2. The average molecular weight is 373 g/mol. The Hall–Kier alpha value is -1.92. The van der Waals surface area contributed by atoms with E-state index in [0.29, 0.717) is 12.3 Å². The van der Waals surface area contributed by atoms with Crippen molar-refractivity contribution in [2.75, 3.05) is 32.0 Å². The lowest BCUT2D eigenvalue weighted by Gasteiger charge is -2.32. The summed E-state index contributed by atoms with van der Waals surface area (Å²) in [5.74, 6) is 0.691. The number of carbonyl (C=O) groups is 1. The number of rotatable bonds is 8. The number of hydrogen-bond acceptors (Lipinski definition) is 5. The van der Waals surface area contributed by atoms with Gasteiger partial charge < -0.3 is 10.6 Å². The van der Waals surface area contributed by atoms with Gasteiger partial charge in [-0.2, -0.15) is 0 Å². The zero-order valence-corrected chi connectivity index (χ0v) is 16.2. The van der Waals surface area contributed by atoms with Gasteiger partial charge in [0.2, 0.25) is 5.91 Å². The van der Waals surface area contributed by atoms with Gasteiger partial charge in [0.25, 0.3) is 0 Å². The lowest BCUT2D eigenvalue weighted by molar-refractivity contribution is -0.121. The molecule has 6 heteroatoms. The molecule has 0 bridgehead atoms. The van der Waals surface area contributed by atoms with E-state index < -0.39 is 0 Å². The summed E-state index contributed by atoms with van der Waals surface area (Å²) in [6.45, 7) is 3.83. The van der Waals surface area contributed by atoms with Gasteiger partial charge in [-0.15, -0.1) is 11.3 Å². The van der Waals surface area contributed by atoms with Gasteiger partial charge in [-0.05, 0) is 37.3 Å². The van der Waals surface area contributed by atoms with Crippen LogP contribution in [-0.4, -0.2) is 42.5 Å². The number of thiazole rings is 1. The molecule has 1 saturated heterocycles. The second-order valence-corrected chi connectivity index (χ2v) is 7.79. The molecular weight excluding hydrogens is 344 g/mol. The molecule has 2 aromatic rings. The van der Waals surface area contributed by atoms with E-state index in [4.69, 9.17) is 0 Å². The first-order valence-corrected chi connectivity index (χ1v) is 10.3. The summed E-state index contributed by atoms with van der Waals surface area (Å²) < 4.78 is 0. The second kappa shape index (κ2) is 9.69. The van der Waals surface area contributed by atoms with E-state index in [1.807, 2.05) is 25.2 Å². The first-order valence-electron chi connectivity index (χ1n) is 9.38. The van der Waals surface area contributed by atoms with Gasteiger partial charge in [-0.3, -0.25) is 9.69 Å². The fourth-order valence-corrected chi connectivity index (χ4v) is 4.10. The highest BCUT2D eigenvalue weighted by Gasteiger charge is 2.21. The number of anilines is 1. The van der Waals surface area contributed by atoms with Crippen molar-refractivity contribution in [3.63, 3.8) is 0 Å². The van der Waals surface area contributed by atoms with Gasteiger partial charge in [0.05, 0.1) is 5.69 Å². The van der Waals surface area contributed by atoms with Crippen molar-refractivity contribution in [1.82, 2.24) is 15.2 Å². The molecule has 1 aromatic carbocycles. The number of nitrogens with zero attached hydrogens (tertiary/aromatic N) is 2. The van der Waals surface area contributed by atoms with Gasteiger partial charge in [0, 0.05) is 38.5 Å². The molecule has 1 amide bonds. The van der Waals surface area contributed by atoms with E-state index in [9.17, 15) is 4.79 Å². The smallest absolute Gasteiger partial charge is 0.220 e. The van der Waals surface area contributed by atoms with Crippen LogP contribution in [0.15, 0.2) is 35.7 Å². The molecule has 1 atom stereocenters. The maximum atomic E-state index is 12.1. The van der Waals surface area contributed by atoms with Crippen LogP contribution in [0.3, 0.4) is 0 Å². The van der Waals surface area contributed by atoms with E-state index in [0.717, 1.165) is 43.4 Å². The Bertz CT molecular complexity index is 688. The van der Waals surface area contributed by atoms with Crippen molar-refractivity contribution in [3.05, 3.63) is 47.0 Å². The SMILES string of the molecule is CNc1nc(CN2CCC[C@@H](CNC(=O)CCc3ccccc3)C2)cs1. The largest absolute Gasteiger partial charge is 0.365 e. The van der Waals surface area contributed by atoms with E-state index in [1.54, 1.807) is 11.3 Å². The predicted molar refractivity (Wildman–Crippen MR) is 107 cm³/mol. The number of piperidine rings is 1. The van der Waals surface area contributed by atoms with Crippen LogP contribution in [0.2, 0.25) is 0 Å². The highest BCUT2D eigenvalue weighted by Crippen LogP contribution is 2.20. The summed E-state index contributed by atoms with van der Waals surface area (Å²) in [5.41, 5.74) is 2.35. The standard InChI is InChI=1S/C20H28N4OS/c1-21-20-23-18(15-26-20)14-24-11-5-8-17(13-24)12-22-19(25)10-9-16-6-3-2-4-7-16/h2-4,6-7,15,17H,5,8-14H2,1H3,(H,21,23)(H,22,25)/t17-/m0/s1. The quantitative estimate of drug-likeness (QED) is 0.747. The number of carbonyl (C=O) groups excluding carboxylic acids is 1. The number of aryl methyl sites for hydroxylation is 1. The normalized spacial score (nSPS) is 17.8. The first-order chi connectivity index (χ1) is 12.7. The third-order valence-electron chi connectivity index (χ3n) is 4.83. The lowest BCUT2D eigenvalue weighted by atomic mass is 9.97. The Morgan fingerprint density at radius 2 is 2.19 bits per heavy atom. The van der Waals surface area contributed by atoms with Crippen LogP contribution in [-0.2, 0) is 17.8 Å². The van der Waals surface area contributed by atoms with Gasteiger partial charge >= 0.3 is 0 Å². The molecule has 0 radical (unpaired) electrons. The molecule has 2 heterocycles. The summed E-state index contributed by atoms with van der Waals surface area (Å²) in [6, 6.07) is 10.2. The van der Waals surface area contributed by atoms with Crippen molar-refractivity contribution in [2.45, 2.75) is 32.2 Å². The Labute approximate surface area is 159 Å². The molecule has 0 unspecified atom stereocenters. The molecule has 2 N–H and O–H groups in total. The number of nitrogens with one attached hydrogen (secondary N) is 2. The molecule has 0 aliphatic carbocycles. The van der Waals surface area contributed by atoms with E-state index in [-0.39, 0.29) is 5.91 Å². The van der Waals surface area contributed by atoms with Crippen LogP contribution >= 0.6 is 11.3 Å². The van der Waals surface area contributed by atoms with Gasteiger partial charge in [-0.1, -0.05) is 30.3 Å². The minimum Gasteiger partial charge on any atom is -0.365 e. The monoisotopic (exact) mass is 372 g/mol. The van der Waals surface area contributed by atoms with Crippen LogP contribution < -0.4 is 10.6 Å². The first kappa shape index (κ1) is 18.9. The van der Waals surface area contributed by atoms with E-state index in [1.165, 1.54) is 18.4 Å². The molecule has 3 rings (SSSR count). The highest BCUT2D eigenvalue weighted by molar-refractivity contribution is 7.13. The summed E-state index contributed by atoms with van der Waals surface area (Å²) in [4.78, 5) is 19.2. The average Bonchev–Trinajstić information content (AvgIpc) is 3.13. The third-order valence-corrected chi connectivity index (χ3v) is 5.73. The van der Waals surface area contributed by atoms with Crippen molar-refractivity contribution < 1.29 is 4.79 Å². The van der Waals surface area contributed by atoms with Crippen LogP contribution in [0.25, 0.3) is 0 Å². The van der Waals surface area contributed by atoms with E-state index in [2.05, 4.69) is 38.0 Å². The van der Waals surface area contributed by atoms with Gasteiger partial charge in [-0.25, -0.2) is 4.98 Å². The van der Waals surface area contributed by atoms with Gasteiger partial charge in [0.15, 0.2) is 5.13 Å². The minimum atomic E-state index is 0.157.